The Labute approximate surface area is 170 Å². The average Bonchev–Trinajstić information content (AvgIpc) is 3.24. The van der Waals surface area contributed by atoms with Crippen molar-refractivity contribution < 1.29 is 22.4 Å². The van der Waals surface area contributed by atoms with Gasteiger partial charge in [-0.3, -0.25) is 9.78 Å². The number of nitrogens with one attached hydrogen (secondary N) is 1. The van der Waals surface area contributed by atoms with Crippen LogP contribution in [0.3, 0.4) is 0 Å². The molecule has 0 radical (unpaired) electrons. The molecule has 1 N–H and O–H groups in total. The first-order valence-electron chi connectivity index (χ1n) is 9.24. The molecule has 1 amide bonds. The molecule has 0 aliphatic carbocycles. The third-order valence-electron chi connectivity index (χ3n) is 4.74. The lowest BCUT2D eigenvalue weighted by molar-refractivity contribution is -0.137. The van der Waals surface area contributed by atoms with E-state index in [1.807, 2.05) is 6.07 Å². The van der Waals surface area contributed by atoms with Crippen LogP contribution in [0.1, 0.15) is 32.9 Å². The van der Waals surface area contributed by atoms with Gasteiger partial charge in [0.2, 0.25) is 0 Å². The molecule has 0 unspecified atom stereocenters. The molecule has 0 aliphatic heterocycles. The topological polar surface area (TPSA) is 60.1 Å². The molecule has 0 saturated heterocycles. The number of hydrogen-bond donors (Lipinski definition) is 1. The van der Waals surface area contributed by atoms with Crippen molar-refractivity contribution in [3.8, 4) is 0 Å². The van der Waals surface area contributed by atoms with E-state index in [0.29, 0.717) is 34.7 Å². The summed E-state index contributed by atoms with van der Waals surface area (Å²) in [5.74, 6) is 0.373. The number of fused-ring (bicyclic) bond motifs is 1. The molecule has 0 fully saturated rings. The summed E-state index contributed by atoms with van der Waals surface area (Å²) in [4.78, 5) is 16.8. The van der Waals surface area contributed by atoms with E-state index in [4.69, 9.17) is 4.42 Å². The highest BCUT2D eigenvalue weighted by atomic mass is 19.4. The number of aryl methyl sites for hydroxylation is 1. The molecule has 4 rings (SSSR count). The van der Waals surface area contributed by atoms with Crippen LogP contribution in [-0.2, 0) is 19.3 Å². The first-order valence-corrected chi connectivity index (χ1v) is 9.24. The Morgan fingerprint density at radius 3 is 2.57 bits per heavy atom. The largest absolute Gasteiger partial charge is 0.460 e. The Balaban J connectivity index is 1.62. The summed E-state index contributed by atoms with van der Waals surface area (Å²) in [6, 6.07) is 12.0. The number of pyridine rings is 1. The molecule has 0 saturated carbocycles. The molecule has 4 aromatic rings. The van der Waals surface area contributed by atoms with Crippen LogP contribution in [0, 0.1) is 6.92 Å². The van der Waals surface area contributed by atoms with Crippen LogP contribution in [0.2, 0.25) is 0 Å². The second-order valence-corrected chi connectivity index (χ2v) is 6.96. The van der Waals surface area contributed by atoms with Crippen LogP contribution in [0.15, 0.2) is 65.3 Å². The van der Waals surface area contributed by atoms with E-state index in [9.17, 15) is 18.0 Å². The fourth-order valence-corrected chi connectivity index (χ4v) is 3.28. The third-order valence-corrected chi connectivity index (χ3v) is 4.74. The van der Waals surface area contributed by atoms with Gasteiger partial charge in [-0.25, -0.2) is 0 Å². The zero-order valence-electron chi connectivity index (χ0n) is 16.0. The van der Waals surface area contributed by atoms with Gasteiger partial charge in [0.1, 0.15) is 11.5 Å². The number of aromatic nitrogens is 2. The Morgan fingerprint density at radius 2 is 1.90 bits per heavy atom. The fraction of sp³-hybridized carbons (Fsp3) is 0.182. The molecule has 154 valence electrons. The Hall–Kier alpha value is -3.55. The van der Waals surface area contributed by atoms with E-state index in [1.165, 1.54) is 12.1 Å². The van der Waals surface area contributed by atoms with Crippen molar-refractivity contribution in [3.05, 3.63) is 89.1 Å². The van der Waals surface area contributed by atoms with E-state index in [-0.39, 0.29) is 12.5 Å². The van der Waals surface area contributed by atoms with Crippen LogP contribution in [0.25, 0.3) is 11.1 Å². The first kappa shape index (κ1) is 19.8. The number of furan rings is 1. The fourth-order valence-electron chi connectivity index (χ4n) is 3.28. The first-order chi connectivity index (χ1) is 14.3. The quantitative estimate of drug-likeness (QED) is 0.504. The van der Waals surface area contributed by atoms with Crippen molar-refractivity contribution in [1.29, 1.82) is 0 Å². The molecule has 8 heteroatoms. The van der Waals surface area contributed by atoms with Crippen molar-refractivity contribution in [2.24, 2.45) is 0 Å². The summed E-state index contributed by atoms with van der Waals surface area (Å²) in [7, 11) is 0. The second kappa shape index (κ2) is 7.70. The normalized spacial score (nSPS) is 11.7. The van der Waals surface area contributed by atoms with Gasteiger partial charge in [-0.2, -0.15) is 13.2 Å². The van der Waals surface area contributed by atoms with Gasteiger partial charge in [-0.1, -0.05) is 18.2 Å². The number of rotatable bonds is 5. The lowest BCUT2D eigenvalue weighted by Crippen LogP contribution is -2.25. The molecule has 0 aliphatic rings. The van der Waals surface area contributed by atoms with E-state index < -0.39 is 11.7 Å². The minimum Gasteiger partial charge on any atom is -0.460 e. The minimum absolute atomic E-state index is 0.232. The van der Waals surface area contributed by atoms with Crippen molar-refractivity contribution in [1.82, 2.24) is 14.9 Å². The zero-order chi connectivity index (χ0) is 21.3. The molecule has 0 spiro atoms. The Bertz CT molecular complexity index is 1180. The molecule has 5 nitrogen and oxygen atoms in total. The number of benzene rings is 1. The number of alkyl halides is 3. The highest BCUT2D eigenvalue weighted by Crippen LogP contribution is 2.30. The summed E-state index contributed by atoms with van der Waals surface area (Å²) in [5, 5.41) is 2.85. The van der Waals surface area contributed by atoms with Gasteiger partial charge >= 0.3 is 6.18 Å². The lowest BCUT2D eigenvalue weighted by Gasteiger charge is -2.12. The predicted molar refractivity (Wildman–Crippen MR) is 105 cm³/mol. The van der Waals surface area contributed by atoms with Crippen molar-refractivity contribution in [2.75, 3.05) is 0 Å². The Kier molecular flexibility index (Phi) is 5.07. The van der Waals surface area contributed by atoms with Gasteiger partial charge in [0.15, 0.2) is 5.58 Å². The van der Waals surface area contributed by atoms with Crippen LogP contribution in [0.4, 0.5) is 13.2 Å². The van der Waals surface area contributed by atoms with Gasteiger partial charge in [-0.15, -0.1) is 0 Å². The molecule has 0 bridgehead atoms. The number of nitrogens with zero attached hydrogens (tertiary/aromatic N) is 2. The van der Waals surface area contributed by atoms with E-state index >= 15 is 0 Å². The number of amides is 1. The summed E-state index contributed by atoms with van der Waals surface area (Å²) in [5.41, 5.74) is 2.40. The molecule has 1 aromatic carbocycles. The molecule has 0 atom stereocenters. The minimum atomic E-state index is -4.39. The maximum atomic E-state index is 12.8. The van der Waals surface area contributed by atoms with Crippen LogP contribution < -0.4 is 5.32 Å². The molecular weight excluding hydrogens is 395 g/mol. The number of halogens is 3. The average molecular weight is 413 g/mol. The second-order valence-electron chi connectivity index (χ2n) is 6.96. The van der Waals surface area contributed by atoms with Crippen molar-refractivity contribution in [3.63, 3.8) is 0 Å². The molecular formula is C22H18F3N3O2. The smallest absolute Gasteiger partial charge is 0.416 e. The van der Waals surface area contributed by atoms with Gasteiger partial charge in [0.25, 0.3) is 5.91 Å². The third kappa shape index (κ3) is 4.07. The van der Waals surface area contributed by atoms with Crippen LogP contribution >= 0.6 is 0 Å². The van der Waals surface area contributed by atoms with Gasteiger partial charge in [0, 0.05) is 37.6 Å². The summed E-state index contributed by atoms with van der Waals surface area (Å²) in [6.45, 7) is 2.33. The molecule has 30 heavy (non-hydrogen) atoms. The van der Waals surface area contributed by atoms with Crippen LogP contribution in [-0.4, -0.2) is 15.5 Å². The number of carbonyl (C=O) groups is 1. The number of carbonyl (C=O) groups excluding carboxylic acids is 1. The lowest BCUT2D eigenvalue weighted by atomic mass is 10.1. The zero-order valence-corrected chi connectivity index (χ0v) is 16.0. The van der Waals surface area contributed by atoms with Gasteiger partial charge in [0.05, 0.1) is 11.1 Å². The van der Waals surface area contributed by atoms with Crippen molar-refractivity contribution in [2.45, 2.75) is 26.2 Å². The highest BCUT2D eigenvalue weighted by molar-refractivity contribution is 5.97. The maximum absolute atomic E-state index is 12.8. The predicted octanol–water partition coefficient (Wildman–Crippen LogP) is 4.93. The SMILES string of the molecule is Cc1cc2c(cc(C(=O)NCc3cccnc3)n2Cc2ccc(C(F)(F)F)cc2)o1. The maximum Gasteiger partial charge on any atom is 0.416 e. The summed E-state index contributed by atoms with van der Waals surface area (Å²) in [6.07, 6.45) is -1.08. The molecule has 3 heterocycles. The van der Waals surface area contributed by atoms with E-state index in [1.54, 1.807) is 42.1 Å². The summed E-state index contributed by atoms with van der Waals surface area (Å²) < 4.78 is 45.9. The van der Waals surface area contributed by atoms with Crippen LogP contribution in [0.5, 0.6) is 0 Å². The van der Waals surface area contributed by atoms with Gasteiger partial charge < -0.3 is 14.3 Å². The standard InChI is InChI=1S/C22H18F3N3O2/c1-14-9-18-20(30-14)10-19(21(29)27-12-16-3-2-8-26-11-16)28(18)13-15-4-6-17(7-5-15)22(23,24)25/h2-11H,12-13H2,1H3,(H,27,29). The summed E-state index contributed by atoms with van der Waals surface area (Å²) >= 11 is 0. The van der Waals surface area contributed by atoms with Crippen molar-refractivity contribution >= 4 is 17.0 Å². The number of hydrogen-bond acceptors (Lipinski definition) is 3. The van der Waals surface area contributed by atoms with E-state index in [2.05, 4.69) is 10.3 Å². The highest BCUT2D eigenvalue weighted by Gasteiger charge is 2.30. The monoisotopic (exact) mass is 413 g/mol. The van der Waals surface area contributed by atoms with Gasteiger partial charge in [-0.05, 0) is 36.2 Å². The van der Waals surface area contributed by atoms with E-state index in [0.717, 1.165) is 17.7 Å². The molecule has 3 aromatic heterocycles. The Morgan fingerprint density at radius 1 is 1.13 bits per heavy atom.